The van der Waals surface area contributed by atoms with E-state index in [-0.39, 0.29) is 11.9 Å². The summed E-state index contributed by atoms with van der Waals surface area (Å²) >= 11 is 5.99. The van der Waals surface area contributed by atoms with Crippen LogP contribution in [-0.2, 0) is 10.8 Å². The summed E-state index contributed by atoms with van der Waals surface area (Å²) in [7, 11) is -0.843. The van der Waals surface area contributed by atoms with Crippen LogP contribution in [0.1, 0.15) is 37.0 Å². The van der Waals surface area contributed by atoms with E-state index in [4.69, 9.17) is 11.6 Å². The Bertz CT molecular complexity index is 508. The lowest BCUT2D eigenvalue weighted by atomic mass is 10.1. The minimum atomic E-state index is -0.843. The maximum absolute atomic E-state index is 12.4. The molecule has 0 bridgehead atoms. The van der Waals surface area contributed by atoms with Crippen LogP contribution in [0.2, 0.25) is 5.02 Å². The van der Waals surface area contributed by atoms with Gasteiger partial charge < -0.3 is 10.6 Å². The Balaban J connectivity index is 2.75. The lowest BCUT2D eigenvalue weighted by Crippen LogP contribution is -2.34. The number of amides is 1. The van der Waals surface area contributed by atoms with E-state index in [2.05, 4.69) is 17.6 Å². The third-order valence-electron chi connectivity index (χ3n) is 3.01. The summed E-state index contributed by atoms with van der Waals surface area (Å²) in [5.41, 5.74) is 1.32. The Labute approximate surface area is 134 Å². The first-order valence-corrected chi connectivity index (χ1v) is 9.18. The molecule has 2 atom stereocenters. The summed E-state index contributed by atoms with van der Waals surface area (Å²) in [5.74, 6) is 0.420. The molecule has 0 saturated carbocycles. The molecule has 0 heterocycles. The molecule has 0 radical (unpaired) electrons. The second-order valence-corrected chi connectivity index (χ2v) is 7.05. The number of rotatable bonds is 8. The molecule has 1 aromatic rings. The normalized spacial score (nSPS) is 13.5. The van der Waals surface area contributed by atoms with Crippen molar-refractivity contribution in [1.29, 1.82) is 0 Å². The average molecular weight is 331 g/mol. The van der Waals surface area contributed by atoms with Crippen LogP contribution in [0.3, 0.4) is 0 Å². The van der Waals surface area contributed by atoms with Gasteiger partial charge in [-0.1, -0.05) is 18.5 Å². The smallest absolute Gasteiger partial charge is 0.253 e. The third-order valence-corrected chi connectivity index (χ3v) is 4.05. The van der Waals surface area contributed by atoms with Gasteiger partial charge in [-0.05, 0) is 38.0 Å². The molecular formula is C15H23ClN2O2S. The van der Waals surface area contributed by atoms with Gasteiger partial charge in [-0.25, -0.2) is 0 Å². The zero-order valence-corrected chi connectivity index (χ0v) is 14.3. The predicted octanol–water partition coefficient (Wildman–Crippen LogP) is 3.05. The van der Waals surface area contributed by atoms with Crippen molar-refractivity contribution in [2.24, 2.45) is 0 Å². The molecule has 0 fully saturated rings. The first-order chi connectivity index (χ1) is 9.93. The fourth-order valence-electron chi connectivity index (χ4n) is 1.83. The summed E-state index contributed by atoms with van der Waals surface area (Å²) in [4.78, 5) is 12.4. The van der Waals surface area contributed by atoms with Crippen molar-refractivity contribution in [2.45, 2.75) is 32.7 Å². The van der Waals surface area contributed by atoms with E-state index in [1.165, 1.54) is 0 Å². The van der Waals surface area contributed by atoms with Gasteiger partial charge in [0.2, 0.25) is 0 Å². The highest BCUT2D eigenvalue weighted by Gasteiger charge is 2.14. The number of benzene rings is 1. The molecule has 2 unspecified atom stereocenters. The summed E-state index contributed by atoms with van der Waals surface area (Å²) in [6.45, 7) is 4.77. The number of anilines is 1. The molecular weight excluding hydrogens is 308 g/mol. The first kappa shape index (κ1) is 18.0. The molecule has 118 valence electrons. The lowest BCUT2D eigenvalue weighted by Gasteiger charge is -2.16. The molecule has 1 rings (SSSR count). The molecule has 0 spiro atoms. The van der Waals surface area contributed by atoms with Gasteiger partial charge in [0.1, 0.15) is 0 Å². The van der Waals surface area contributed by atoms with Gasteiger partial charge >= 0.3 is 0 Å². The minimum absolute atomic E-state index is 0.0283. The molecule has 0 aliphatic rings. The molecule has 21 heavy (non-hydrogen) atoms. The van der Waals surface area contributed by atoms with Gasteiger partial charge in [0.05, 0.1) is 5.56 Å². The highest BCUT2D eigenvalue weighted by molar-refractivity contribution is 7.84. The first-order valence-electron chi connectivity index (χ1n) is 7.08. The van der Waals surface area contributed by atoms with Gasteiger partial charge in [0.25, 0.3) is 5.91 Å². The van der Waals surface area contributed by atoms with Crippen LogP contribution < -0.4 is 10.6 Å². The fourth-order valence-corrected chi connectivity index (χ4v) is 2.69. The number of hydrogen-bond donors (Lipinski definition) is 2. The Hall–Kier alpha value is -1.07. The van der Waals surface area contributed by atoms with Crippen LogP contribution in [0.5, 0.6) is 0 Å². The Morgan fingerprint density at radius 3 is 2.76 bits per heavy atom. The lowest BCUT2D eigenvalue weighted by molar-refractivity contribution is 0.0940. The van der Waals surface area contributed by atoms with E-state index in [1.54, 1.807) is 18.4 Å². The van der Waals surface area contributed by atoms with Crippen LogP contribution in [-0.4, -0.2) is 34.7 Å². The Morgan fingerprint density at radius 1 is 1.43 bits per heavy atom. The number of halogens is 1. The molecule has 2 N–H and O–H groups in total. The molecule has 0 saturated heterocycles. The van der Waals surface area contributed by atoms with Gasteiger partial charge in [0, 0.05) is 46.1 Å². The zero-order valence-electron chi connectivity index (χ0n) is 12.7. The Kier molecular flexibility index (Phi) is 7.75. The van der Waals surface area contributed by atoms with E-state index in [0.717, 1.165) is 18.7 Å². The van der Waals surface area contributed by atoms with E-state index >= 15 is 0 Å². The quantitative estimate of drug-likeness (QED) is 0.770. The summed E-state index contributed by atoms with van der Waals surface area (Å²) in [6.07, 6.45) is 3.33. The zero-order chi connectivity index (χ0) is 15.8. The van der Waals surface area contributed by atoms with Crippen molar-refractivity contribution in [3.05, 3.63) is 28.8 Å². The van der Waals surface area contributed by atoms with Crippen molar-refractivity contribution in [3.63, 3.8) is 0 Å². The van der Waals surface area contributed by atoms with E-state index < -0.39 is 10.8 Å². The van der Waals surface area contributed by atoms with Crippen LogP contribution >= 0.6 is 11.6 Å². The monoisotopic (exact) mass is 330 g/mol. The number of nitrogens with one attached hydrogen (secondary N) is 2. The Morgan fingerprint density at radius 2 is 2.14 bits per heavy atom. The van der Waals surface area contributed by atoms with Gasteiger partial charge in [0.15, 0.2) is 0 Å². The summed E-state index contributed by atoms with van der Waals surface area (Å²) in [5, 5.41) is 6.68. The van der Waals surface area contributed by atoms with E-state index in [0.29, 0.717) is 22.8 Å². The van der Waals surface area contributed by atoms with E-state index in [1.807, 2.05) is 13.0 Å². The SMILES string of the molecule is CCCNc1ccc(Cl)cc1C(=O)NC(C)CCS(C)=O. The molecule has 6 heteroatoms. The van der Waals surface area contributed by atoms with Crippen LogP contribution in [0, 0.1) is 0 Å². The number of carbonyl (C=O) groups is 1. The maximum Gasteiger partial charge on any atom is 0.253 e. The third kappa shape index (κ3) is 6.48. The van der Waals surface area contributed by atoms with Crippen molar-refractivity contribution in [3.8, 4) is 0 Å². The number of hydrogen-bond acceptors (Lipinski definition) is 3. The fraction of sp³-hybridized carbons (Fsp3) is 0.533. The molecule has 4 nitrogen and oxygen atoms in total. The second kappa shape index (κ2) is 9.05. The topological polar surface area (TPSA) is 58.2 Å². The molecule has 0 aliphatic carbocycles. The van der Waals surface area contributed by atoms with Gasteiger partial charge in [-0.2, -0.15) is 0 Å². The maximum atomic E-state index is 12.4. The number of carbonyl (C=O) groups excluding carboxylic acids is 1. The van der Waals surface area contributed by atoms with Crippen LogP contribution in [0.15, 0.2) is 18.2 Å². The average Bonchev–Trinajstić information content (AvgIpc) is 2.43. The van der Waals surface area contributed by atoms with Crippen molar-refractivity contribution >= 4 is 34.0 Å². The highest BCUT2D eigenvalue weighted by Crippen LogP contribution is 2.21. The van der Waals surface area contributed by atoms with Gasteiger partial charge in [-0.15, -0.1) is 0 Å². The van der Waals surface area contributed by atoms with Gasteiger partial charge in [-0.3, -0.25) is 9.00 Å². The van der Waals surface area contributed by atoms with Crippen molar-refractivity contribution in [2.75, 3.05) is 23.9 Å². The predicted molar refractivity (Wildman–Crippen MR) is 90.7 cm³/mol. The van der Waals surface area contributed by atoms with Crippen molar-refractivity contribution in [1.82, 2.24) is 5.32 Å². The minimum Gasteiger partial charge on any atom is -0.384 e. The summed E-state index contributed by atoms with van der Waals surface area (Å²) < 4.78 is 11.1. The molecule has 0 aliphatic heterocycles. The van der Waals surface area contributed by atoms with Crippen LogP contribution in [0.25, 0.3) is 0 Å². The standard InChI is InChI=1S/C15H23ClN2O2S/c1-4-8-17-14-6-5-12(16)10-13(14)15(19)18-11(2)7-9-21(3)20/h5-6,10-11,17H,4,7-9H2,1-3H3,(H,18,19). The highest BCUT2D eigenvalue weighted by atomic mass is 35.5. The second-order valence-electron chi connectivity index (χ2n) is 5.06. The summed E-state index contributed by atoms with van der Waals surface area (Å²) in [6, 6.07) is 5.22. The molecule has 0 aromatic heterocycles. The van der Waals surface area contributed by atoms with Crippen LogP contribution in [0.4, 0.5) is 5.69 Å². The van der Waals surface area contributed by atoms with Crippen molar-refractivity contribution < 1.29 is 9.00 Å². The molecule has 1 amide bonds. The molecule has 1 aromatic carbocycles. The van der Waals surface area contributed by atoms with E-state index in [9.17, 15) is 9.00 Å². The largest absolute Gasteiger partial charge is 0.384 e.